The maximum Gasteiger partial charge on any atom is 0.124 e. The fraction of sp³-hybridized carbons (Fsp3) is 0.368. The second kappa shape index (κ2) is 8.34. The summed E-state index contributed by atoms with van der Waals surface area (Å²) in [5, 5.41) is 4.17. The van der Waals surface area contributed by atoms with Gasteiger partial charge in [0.05, 0.1) is 12.6 Å². The van der Waals surface area contributed by atoms with Gasteiger partial charge < -0.3 is 10.1 Å². The molecule has 3 nitrogen and oxygen atoms in total. The molecule has 0 bridgehead atoms. The molecule has 1 N–H and O–H groups in total. The number of ether oxygens (including phenoxy) is 1. The number of nitrogens with one attached hydrogen (secondary N) is 1. The highest BCUT2D eigenvalue weighted by atomic mass is 79.9. The summed E-state index contributed by atoms with van der Waals surface area (Å²) < 4.78 is 6.99. The van der Waals surface area contributed by atoms with Gasteiger partial charge in [0.15, 0.2) is 0 Å². The van der Waals surface area contributed by atoms with Crippen LogP contribution < -0.4 is 10.1 Å². The number of benzene rings is 2. The average molecular weight is 410 g/mol. The Bertz CT molecular complexity index is 689. The van der Waals surface area contributed by atoms with Gasteiger partial charge in [-0.15, -0.1) is 0 Å². The fourth-order valence-corrected chi connectivity index (χ4v) is 3.82. The summed E-state index contributed by atoms with van der Waals surface area (Å²) in [4.78, 5) is 2.49. The molecule has 0 saturated carbocycles. The Morgan fingerprint density at radius 1 is 1.21 bits per heavy atom. The zero-order valence-corrected chi connectivity index (χ0v) is 16.1. The van der Waals surface area contributed by atoms with Crippen molar-refractivity contribution in [2.45, 2.75) is 13.0 Å². The summed E-state index contributed by atoms with van der Waals surface area (Å²) in [5.74, 6) is 0.908. The Morgan fingerprint density at radius 2 is 2.00 bits per heavy atom. The summed E-state index contributed by atoms with van der Waals surface area (Å²) in [7, 11) is 0. The Hall–Kier alpha value is -1.07. The first-order valence-corrected chi connectivity index (χ1v) is 9.48. The lowest BCUT2D eigenvalue weighted by atomic mass is 9.95. The topological polar surface area (TPSA) is 24.5 Å². The van der Waals surface area contributed by atoms with Crippen molar-refractivity contribution in [1.82, 2.24) is 10.2 Å². The van der Waals surface area contributed by atoms with Crippen LogP contribution in [-0.2, 0) is 0 Å². The molecule has 1 unspecified atom stereocenters. The van der Waals surface area contributed by atoms with E-state index in [0.29, 0.717) is 6.61 Å². The van der Waals surface area contributed by atoms with E-state index in [-0.39, 0.29) is 6.04 Å². The van der Waals surface area contributed by atoms with Crippen molar-refractivity contribution in [1.29, 1.82) is 0 Å². The van der Waals surface area contributed by atoms with Crippen LogP contribution in [0.25, 0.3) is 0 Å². The smallest absolute Gasteiger partial charge is 0.124 e. The van der Waals surface area contributed by atoms with Gasteiger partial charge in [0.1, 0.15) is 5.75 Å². The van der Waals surface area contributed by atoms with Crippen molar-refractivity contribution in [3.63, 3.8) is 0 Å². The van der Waals surface area contributed by atoms with Gasteiger partial charge in [-0.2, -0.15) is 0 Å². The fourth-order valence-electron chi connectivity index (χ4n) is 3.22. The summed E-state index contributed by atoms with van der Waals surface area (Å²) in [5.41, 5.74) is 2.37. The largest absolute Gasteiger partial charge is 0.494 e. The van der Waals surface area contributed by atoms with E-state index in [4.69, 9.17) is 16.3 Å². The Kier molecular flexibility index (Phi) is 6.17. The summed E-state index contributed by atoms with van der Waals surface area (Å²) in [6.07, 6.45) is 0. The van der Waals surface area contributed by atoms with Gasteiger partial charge in [-0.05, 0) is 42.8 Å². The molecule has 24 heavy (non-hydrogen) atoms. The number of nitrogens with zero attached hydrogens (tertiary/aromatic N) is 1. The number of rotatable bonds is 5. The van der Waals surface area contributed by atoms with Gasteiger partial charge in [0, 0.05) is 41.2 Å². The van der Waals surface area contributed by atoms with Crippen molar-refractivity contribution >= 4 is 27.5 Å². The zero-order chi connectivity index (χ0) is 16.9. The lowest BCUT2D eigenvalue weighted by Crippen LogP contribution is -2.45. The summed E-state index contributed by atoms with van der Waals surface area (Å²) >= 11 is 9.93. The van der Waals surface area contributed by atoms with Gasteiger partial charge in [-0.25, -0.2) is 0 Å². The van der Waals surface area contributed by atoms with E-state index in [1.165, 1.54) is 5.56 Å². The number of piperazine rings is 1. The molecule has 0 radical (unpaired) electrons. The normalized spacial score (nSPS) is 16.8. The lowest BCUT2D eigenvalue weighted by molar-refractivity contribution is 0.194. The average Bonchev–Trinajstić information content (AvgIpc) is 2.59. The zero-order valence-electron chi connectivity index (χ0n) is 13.8. The van der Waals surface area contributed by atoms with Crippen molar-refractivity contribution < 1.29 is 4.74 Å². The Labute approximate surface area is 157 Å². The third-order valence-electron chi connectivity index (χ3n) is 4.25. The maximum absolute atomic E-state index is 6.32. The third-order valence-corrected chi connectivity index (χ3v) is 4.98. The van der Waals surface area contributed by atoms with Crippen molar-refractivity contribution in [2.75, 3.05) is 32.8 Å². The number of halogens is 2. The van der Waals surface area contributed by atoms with Gasteiger partial charge >= 0.3 is 0 Å². The minimum absolute atomic E-state index is 0.129. The molecule has 0 spiro atoms. The van der Waals surface area contributed by atoms with E-state index in [0.717, 1.165) is 47.0 Å². The molecule has 128 valence electrons. The molecule has 0 aliphatic carbocycles. The molecule has 2 aromatic carbocycles. The molecule has 1 atom stereocenters. The molecule has 5 heteroatoms. The quantitative estimate of drug-likeness (QED) is 0.787. The van der Waals surface area contributed by atoms with Gasteiger partial charge in [-0.1, -0.05) is 39.7 Å². The summed E-state index contributed by atoms with van der Waals surface area (Å²) in [6.45, 7) is 6.63. The first-order valence-electron chi connectivity index (χ1n) is 8.31. The van der Waals surface area contributed by atoms with Crippen molar-refractivity contribution in [3.05, 3.63) is 63.1 Å². The van der Waals surface area contributed by atoms with Crippen LogP contribution in [0, 0.1) is 0 Å². The third kappa shape index (κ3) is 4.12. The minimum Gasteiger partial charge on any atom is -0.494 e. The van der Waals surface area contributed by atoms with Crippen molar-refractivity contribution in [3.8, 4) is 5.75 Å². The Morgan fingerprint density at radius 3 is 2.71 bits per heavy atom. The molecule has 1 aliphatic heterocycles. The first-order chi connectivity index (χ1) is 11.7. The summed E-state index contributed by atoms with van der Waals surface area (Å²) in [6, 6.07) is 14.5. The SMILES string of the molecule is CCOc1ccc(Cl)cc1C(c1cccc(Br)c1)N1CCNCC1. The highest BCUT2D eigenvalue weighted by Gasteiger charge is 2.27. The van der Waals surface area contributed by atoms with E-state index in [1.807, 2.05) is 25.1 Å². The molecule has 1 saturated heterocycles. The van der Waals surface area contributed by atoms with E-state index in [9.17, 15) is 0 Å². The van der Waals surface area contributed by atoms with E-state index < -0.39 is 0 Å². The van der Waals surface area contributed by atoms with Crippen LogP contribution in [0.15, 0.2) is 46.9 Å². The lowest BCUT2D eigenvalue weighted by Gasteiger charge is -2.36. The van der Waals surface area contributed by atoms with Crippen LogP contribution in [0.4, 0.5) is 0 Å². The van der Waals surface area contributed by atoms with Gasteiger partial charge in [0.2, 0.25) is 0 Å². The highest BCUT2D eigenvalue weighted by Crippen LogP contribution is 2.37. The second-order valence-corrected chi connectivity index (χ2v) is 7.21. The van der Waals surface area contributed by atoms with Crippen LogP contribution in [0.5, 0.6) is 5.75 Å². The Balaban J connectivity index is 2.08. The molecule has 3 rings (SSSR count). The van der Waals surface area contributed by atoms with Crippen LogP contribution >= 0.6 is 27.5 Å². The van der Waals surface area contributed by atoms with Crippen LogP contribution in [0.3, 0.4) is 0 Å². The number of hydrogen-bond acceptors (Lipinski definition) is 3. The van der Waals surface area contributed by atoms with E-state index in [2.05, 4.69) is 50.4 Å². The van der Waals surface area contributed by atoms with Gasteiger partial charge in [-0.3, -0.25) is 4.90 Å². The van der Waals surface area contributed by atoms with Crippen LogP contribution in [0.2, 0.25) is 5.02 Å². The van der Waals surface area contributed by atoms with Crippen LogP contribution in [0.1, 0.15) is 24.1 Å². The predicted molar refractivity (Wildman–Crippen MR) is 103 cm³/mol. The van der Waals surface area contributed by atoms with Gasteiger partial charge in [0.25, 0.3) is 0 Å². The number of hydrogen-bond donors (Lipinski definition) is 1. The molecular formula is C19H22BrClN2O. The minimum atomic E-state index is 0.129. The molecule has 0 amide bonds. The maximum atomic E-state index is 6.32. The standard InChI is InChI=1S/C19H22BrClN2O/c1-2-24-18-7-6-16(21)13-17(18)19(23-10-8-22-9-11-23)14-4-3-5-15(20)12-14/h3-7,12-13,19,22H,2,8-11H2,1H3. The molecule has 1 heterocycles. The molecular weight excluding hydrogens is 388 g/mol. The molecule has 0 aromatic heterocycles. The highest BCUT2D eigenvalue weighted by molar-refractivity contribution is 9.10. The van der Waals surface area contributed by atoms with E-state index in [1.54, 1.807) is 0 Å². The molecule has 1 aliphatic rings. The van der Waals surface area contributed by atoms with E-state index >= 15 is 0 Å². The monoisotopic (exact) mass is 408 g/mol. The second-order valence-electron chi connectivity index (χ2n) is 5.86. The predicted octanol–water partition coefficient (Wildman–Crippen LogP) is 4.50. The molecule has 1 fully saturated rings. The van der Waals surface area contributed by atoms with Crippen molar-refractivity contribution in [2.24, 2.45) is 0 Å². The molecule has 2 aromatic rings. The van der Waals surface area contributed by atoms with Crippen LogP contribution in [-0.4, -0.2) is 37.7 Å². The first kappa shape index (κ1) is 17.7.